The van der Waals surface area contributed by atoms with E-state index in [2.05, 4.69) is 63.9 Å². The van der Waals surface area contributed by atoms with Crippen molar-refractivity contribution in [2.75, 3.05) is 10.6 Å². The molecule has 0 radical (unpaired) electrons. The molecule has 24 heavy (non-hydrogen) atoms. The predicted octanol–water partition coefficient (Wildman–Crippen LogP) is 4.32. The first kappa shape index (κ1) is 16.0. The van der Waals surface area contributed by atoms with Crippen molar-refractivity contribution in [1.82, 2.24) is 9.97 Å². The summed E-state index contributed by atoms with van der Waals surface area (Å²) >= 11 is 0. The molecule has 3 aromatic rings. The Hall–Kier alpha value is -2.88. The Labute approximate surface area is 143 Å². The fourth-order valence-corrected chi connectivity index (χ4v) is 2.53. The highest BCUT2D eigenvalue weighted by atomic mass is 15.1. The number of aromatic nitrogens is 2. The molecule has 0 aliphatic carbocycles. The molecule has 4 heteroatoms. The van der Waals surface area contributed by atoms with Gasteiger partial charge in [-0.1, -0.05) is 54.6 Å². The fraction of sp³-hybridized carbons (Fsp3) is 0.200. The van der Waals surface area contributed by atoms with Gasteiger partial charge in [0.15, 0.2) is 0 Å². The molecule has 0 fully saturated rings. The second kappa shape index (κ2) is 7.59. The molecule has 122 valence electrons. The monoisotopic (exact) mass is 318 g/mol. The van der Waals surface area contributed by atoms with E-state index in [4.69, 9.17) is 0 Å². The topological polar surface area (TPSA) is 49.8 Å². The third kappa shape index (κ3) is 4.32. The van der Waals surface area contributed by atoms with Crippen molar-refractivity contribution in [2.24, 2.45) is 0 Å². The summed E-state index contributed by atoms with van der Waals surface area (Å²) in [6.45, 7) is 5.53. The van der Waals surface area contributed by atoms with Gasteiger partial charge in [0.25, 0.3) is 0 Å². The van der Waals surface area contributed by atoms with E-state index in [0.717, 1.165) is 30.5 Å². The highest BCUT2D eigenvalue weighted by Crippen LogP contribution is 2.15. The van der Waals surface area contributed by atoms with Gasteiger partial charge in [-0.2, -0.15) is 0 Å². The zero-order valence-electron chi connectivity index (χ0n) is 14.1. The van der Waals surface area contributed by atoms with E-state index < -0.39 is 0 Å². The lowest BCUT2D eigenvalue weighted by Gasteiger charge is -2.11. The van der Waals surface area contributed by atoms with Gasteiger partial charge in [-0.25, -0.2) is 9.97 Å². The molecule has 0 aliphatic heterocycles. The van der Waals surface area contributed by atoms with Crippen LogP contribution in [-0.4, -0.2) is 9.97 Å². The molecule has 1 heterocycles. The first-order valence-electron chi connectivity index (χ1n) is 8.12. The normalized spacial score (nSPS) is 10.4. The van der Waals surface area contributed by atoms with Crippen LogP contribution in [0.4, 0.5) is 11.6 Å². The Kier molecular flexibility index (Phi) is 5.06. The Morgan fingerprint density at radius 3 is 2.08 bits per heavy atom. The van der Waals surface area contributed by atoms with Crippen molar-refractivity contribution in [1.29, 1.82) is 0 Å². The fourth-order valence-electron chi connectivity index (χ4n) is 2.53. The molecule has 2 aromatic carbocycles. The molecule has 0 aliphatic rings. The molecule has 0 amide bonds. The minimum atomic E-state index is 0.745. The van der Waals surface area contributed by atoms with E-state index >= 15 is 0 Å². The van der Waals surface area contributed by atoms with Crippen molar-refractivity contribution in [2.45, 2.75) is 26.9 Å². The number of nitrogens with one attached hydrogen (secondary N) is 2. The summed E-state index contributed by atoms with van der Waals surface area (Å²) in [6, 6.07) is 20.6. The third-order valence-corrected chi connectivity index (χ3v) is 3.88. The summed E-state index contributed by atoms with van der Waals surface area (Å²) < 4.78 is 0. The second-order valence-corrected chi connectivity index (χ2v) is 5.80. The Morgan fingerprint density at radius 2 is 1.38 bits per heavy atom. The molecule has 2 N–H and O–H groups in total. The summed E-state index contributed by atoms with van der Waals surface area (Å²) in [5.41, 5.74) is 3.77. The van der Waals surface area contributed by atoms with Crippen LogP contribution in [0.15, 0.2) is 60.7 Å². The van der Waals surface area contributed by atoms with E-state index in [1.807, 2.05) is 31.2 Å². The minimum Gasteiger partial charge on any atom is -0.366 e. The zero-order valence-corrected chi connectivity index (χ0v) is 14.1. The number of benzene rings is 2. The SMILES string of the molecule is Cc1nc(NCc2ccccc2)cc(NCc2ccccc2C)n1. The Bertz CT molecular complexity index is 800. The quantitative estimate of drug-likeness (QED) is 0.711. The largest absolute Gasteiger partial charge is 0.366 e. The van der Waals surface area contributed by atoms with Crippen molar-refractivity contribution >= 4 is 11.6 Å². The van der Waals surface area contributed by atoms with E-state index in [-0.39, 0.29) is 0 Å². The molecule has 0 bridgehead atoms. The zero-order chi connectivity index (χ0) is 16.8. The number of aryl methyl sites for hydroxylation is 2. The standard InChI is InChI=1S/C20H22N4/c1-15-8-6-7-11-18(15)14-22-20-12-19(23-16(2)24-20)21-13-17-9-4-3-5-10-17/h3-12H,13-14H2,1-2H3,(H2,21,22,23,24). The number of nitrogens with zero attached hydrogens (tertiary/aromatic N) is 2. The number of rotatable bonds is 6. The smallest absolute Gasteiger partial charge is 0.132 e. The van der Waals surface area contributed by atoms with Crippen LogP contribution in [0.3, 0.4) is 0 Å². The average Bonchev–Trinajstić information content (AvgIpc) is 2.60. The number of hydrogen-bond donors (Lipinski definition) is 2. The van der Waals surface area contributed by atoms with E-state index in [9.17, 15) is 0 Å². The van der Waals surface area contributed by atoms with Crippen LogP contribution in [0.1, 0.15) is 22.5 Å². The van der Waals surface area contributed by atoms with Gasteiger partial charge in [0.2, 0.25) is 0 Å². The summed E-state index contributed by atoms with van der Waals surface area (Å²) in [5, 5.41) is 6.75. The first-order valence-corrected chi connectivity index (χ1v) is 8.12. The van der Waals surface area contributed by atoms with Crippen LogP contribution in [0.25, 0.3) is 0 Å². The van der Waals surface area contributed by atoms with Gasteiger partial charge in [-0.05, 0) is 30.5 Å². The molecule has 0 atom stereocenters. The lowest BCUT2D eigenvalue weighted by molar-refractivity contribution is 1.00. The molecule has 3 rings (SSSR count). The first-order chi connectivity index (χ1) is 11.7. The number of anilines is 2. The molecule has 1 aromatic heterocycles. The lowest BCUT2D eigenvalue weighted by atomic mass is 10.1. The van der Waals surface area contributed by atoms with E-state index in [0.29, 0.717) is 0 Å². The number of hydrogen-bond acceptors (Lipinski definition) is 4. The van der Waals surface area contributed by atoms with Crippen LogP contribution in [0.5, 0.6) is 0 Å². The van der Waals surface area contributed by atoms with Gasteiger partial charge in [-0.15, -0.1) is 0 Å². The predicted molar refractivity (Wildman–Crippen MR) is 99.0 cm³/mol. The van der Waals surface area contributed by atoms with Crippen molar-refractivity contribution in [3.05, 3.63) is 83.2 Å². The molecule has 0 unspecified atom stereocenters. The minimum absolute atomic E-state index is 0.745. The second-order valence-electron chi connectivity index (χ2n) is 5.80. The summed E-state index contributed by atoms with van der Waals surface area (Å²) in [6.07, 6.45) is 0. The van der Waals surface area contributed by atoms with Crippen LogP contribution < -0.4 is 10.6 Å². The van der Waals surface area contributed by atoms with Crippen LogP contribution in [0, 0.1) is 13.8 Å². The lowest BCUT2D eigenvalue weighted by Crippen LogP contribution is -2.07. The average molecular weight is 318 g/mol. The van der Waals surface area contributed by atoms with Gasteiger partial charge in [0.05, 0.1) is 0 Å². The van der Waals surface area contributed by atoms with Gasteiger partial charge in [0.1, 0.15) is 17.5 Å². The van der Waals surface area contributed by atoms with Crippen LogP contribution in [0.2, 0.25) is 0 Å². The maximum Gasteiger partial charge on any atom is 0.132 e. The van der Waals surface area contributed by atoms with Gasteiger partial charge in [0, 0.05) is 19.2 Å². The molecule has 0 saturated carbocycles. The molecule has 0 saturated heterocycles. The van der Waals surface area contributed by atoms with Gasteiger partial charge in [-0.3, -0.25) is 0 Å². The van der Waals surface area contributed by atoms with Crippen molar-refractivity contribution < 1.29 is 0 Å². The maximum absolute atomic E-state index is 4.47. The van der Waals surface area contributed by atoms with E-state index in [1.54, 1.807) is 0 Å². The summed E-state index contributed by atoms with van der Waals surface area (Å²) in [7, 11) is 0. The van der Waals surface area contributed by atoms with Gasteiger partial charge < -0.3 is 10.6 Å². The highest BCUT2D eigenvalue weighted by molar-refractivity contribution is 5.48. The molecular formula is C20H22N4. The Morgan fingerprint density at radius 1 is 0.750 bits per heavy atom. The summed E-state index contributed by atoms with van der Waals surface area (Å²) in [5.74, 6) is 2.42. The molecular weight excluding hydrogens is 296 g/mol. The Balaban J connectivity index is 1.66. The third-order valence-electron chi connectivity index (χ3n) is 3.88. The maximum atomic E-state index is 4.47. The van der Waals surface area contributed by atoms with E-state index in [1.165, 1.54) is 16.7 Å². The van der Waals surface area contributed by atoms with Crippen LogP contribution in [-0.2, 0) is 13.1 Å². The van der Waals surface area contributed by atoms with Crippen molar-refractivity contribution in [3.8, 4) is 0 Å². The van der Waals surface area contributed by atoms with Crippen LogP contribution >= 0.6 is 0 Å². The highest BCUT2D eigenvalue weighted by Gasteiger charge is 2.03. The summed E-state index contributed by atoms with van der Waals surface area (Å²) in [4.78, 5) is 8.93. The molecule has 0 spiro atoms. The van der Waals surface area contributed by atoms with Gasteiger partial charge >= 0.3 is 0 Å². The molecule has 4 nitrogen and oxygen atoms in total. The van der Waals surface area contributed by atoms with Crippen molar-refractivity contribution in [3.63, 3.8) is 0 Å².